The van der Waals surface area contributed by atoms with Gasteiger partial charge in [-0.3, -0.25) is 0 Å². The van der Waals surface area contributed by atoms with Crippen molar-refractivity contribution in [1.82, 2.24) is 14.8 Å². The summed E-state index contributed by atoms with van der Waals surface area (Å²) in [4.78, 5) is 4.31. The number of hydrogen-bond donors (Lipinski definition) is 1. The molecule has 0 amide bonds. The largest absolute Gasteiger partial charge is 0.399 e. The second-order valence-corrected chi connectivity index (χ2v) is 3.97. The number of benzene rings is 2. The Morgan fingerprint density at radius 2 is 1.55 bits per heavy atom. The van der Waals surface area contributed by atoms with Crippen LogP contribution in [0, 0.1) is 0 Å². The van der Waals surface area contributed by atoms with E-state index in [1.165, 1.54) is 0 Å². The number of hydrogen-bond acceptors (Lipinski definition) is 3. The molecule has 0 radical (unpaired) electrons. The molecule has 102 valence electrons. The van der Waals surface area contributed by atoms with Crippen LogP contribution in [-0.2, 0) is 0 Å². The lowest BCUT2D eigenvalue weighted by Gasteiger charge is -2.00. The van der Waals surface area contributed by atoms with Crippen molar-refractivity contribution in [3.8, 4) is 17.1 Å². The fourth-order valence-corrected chi connectivity index (χ4v) is 1.73. The first-order valence-electron chi connectivity index (χ1n) is 6.66. The summed E-state index contributed by atoms with van der Waals surface area (Å²) < 4.78 is 1.74. The van der Waals surface area contributed by atoms with Crippen LogP contribution in [0.4, 0.5) is 5.69 Å². The molecule has 0 unspecified atom stereocenters. The predicted molar refractivity (Wildman–Crippen MR) is 82.6 cm³/mol. The highest BCUT2D eigenvalue weighted by molar-refractivity contribution is 5.54. The fraction of sp³-hybridized carbons (Fsp3) is 0.125. The average molecular weight is 266 g/mol. The fourth-order valence-electron chi connectivity index (χ4n) is 1.73. The van der Waals surface area contributed by atoms with Crippen molar-refractivity contribution in [3.63, 3.8) is 0 Å². The van der Waals surface area contributed by atoms with E-state index in [2.05, 4.69) is 10.1 Å². The zero-order valence-corrected chi connectivity index (χ0v) is 11.7. The summed E-state index contributed by atoms with van der Waals surface area (Å²) in [6, 6.07) is 17.4. The van der Waals surface area contributed by atoms with Gasteiger partial charge in [-0.15, -0.1) is 5.10 Å². The molecule has 0 spiro atoms. The summed E-state index contributed by atoms with van der Waals surface area (Å²) >= 11 is 0. The van der Waals surface area contributed by atoms with Gasteiger partial charge in [-0.05, 0) is 24.3 Å². The summed E-state index contributed by atoms with van der Waals surface area (Å²) in [5.74, 6) is 0.715. The van der Waals surface area contributed by atoms with Crippen LogP contribution in [0.5, 0.6) is 0 Å². The molecule has 0 aliphatic carbocycles. The van der Waals surface area contributed by atoms with E-state index in [9.17, 15) is 0 Å². The van der Waals surface area contributed by atoms with E-state index >= 15 is 0 Å². The molecular weight excluding hydrogens is 248 g/mol. The van der Waals surface area contributed by atoms with Gasteiger partial charge in [0.1, 0.15) is 6.33 Å². The second kappa shape index (κ2) is 6.52. The van der Waals surface area contributed by atoms with Crippen molar-refractivity contribution < 1.29 is 0 Å². The first-order chi connectivity index (χ1) is 9.83. The first-order valence-corrected chi connectivity index (χ1v) is 6.66. The van der Waals surface area contributed by atoms with Gasteiger partial charge in [-0.25, -0.2) is 9.67 Å². The van der Waals surface area contributed by atoms with Crippen molar-refractivity contribution in [2.45, 2.75) is 13.8 Å². The van der Waals surface area contributed by atoms with Gasteiger partial charge in [-0.1, -0.05) is 44.2 Å². The number of rotatable bonds is 2. The smallest absolute Gasteiger partial charge is 0.181 e. The summed E-state index contributed by atoms with van der Waals surface area (Å²) in [7, 11) is 0. The lowest BCUT2D eigenvalue weighted by Crippen LogP contribution is -1.95. The molecule has 0 fully saturated rings. The topological polar surface area (TPSA) is 56.7 Å². The first kappa shape index (κ1) is 13.8. The molecule has 2 N–H and O–H groups in total. The highest BCUT2D eigenvalue weighted by Crippen LogP contribution is 2.15. The van der Waals surface area contributed by atoms with Gasteiger partial charge in [0.25, 0.3) is 0 Å². The van der Waals surface area contributed by atoms with Crippen LogP contribution in [0.25, 0.3) is 17.1 Å². The molecule has 0 saturated carbocycles. The molecule has 0 atom stereocenters. The highest BCUT2D eigenvalue weighted by atomic mass is 15.3. The monoisotopic (exact) mass is 266 g/mol. The van der Waals surface area contributed by atoms with Crippen LogP contribution < -0.4 is 5.73 Å². The van der Waals surface area contributed by atoms with Crippen LogP contribution in [0.15, 0.2) is 60.9 Å². The third kappa shape index (κ3) is 3.03. The van der Waals surface area contributed by atoms with Gasteiger partial charge in [0.05, 0.1) is 5.69 Å². The van der Waals surface area contributed by atoms with Crippen molar-refractivity contribution >= 4 is 5.69 Å². The van der Waals surface area contributed by atoms with E-state index in [-0.39, 0.29) is 0 Å². The molecule has 1 aromatic heterocycles. The van der Waals surface area contributed by atoms with Gasteiger partial charge in [0.15, 0.2) is 5.82 Å². The molecule has 3 aromatic rings. The van der Waals surface area contributed by atoms with Gasteiger partial charge in [0, 0.05) is 11.3 Å². The Morgan fingerprint density at radius 1 is 0.900 bits per heavy atom. The van der Waals surface area contributed by atoms with Crippen molar-refractivity contribution in [3.05, 3.63) is 60.9 Å². The molecule has 2 aromatic carbocycles. The normalized spacial score (nSPS) is 9.70. The summed E-state index contributed by atoms with van der Waals surface area (Å²) in [6.45, 7) is 4.00. The van der Waals surface area contributed by atoms with Crippen molar-refractivity contribution in [2.75, 3.05) is 5.73 Å². The van der Waals surface area contributed by atoms with Crippen molar-refractivity contribution in [1.29, 1.82) is 0 Å². The molecular formula is C16H18N4. The Morgan fingerprint density at radius 3 is 2.20 bits per heavy atom. The van der Waals surface area contributed by atoms with Crippen LogP contribution in [-0.4, -0.2) is 14.8 Å². The highest BCUT2D eigenvalue weighted by Gasteiger charge is 2.04. The van der Waals surface area contributed by atoms with E-state index in [0.717, 1.165) is 16.9 Å². The standard InChI is InChI=1S/C14H12N4.C2H6/c15-12-6-8-13(9-7-12)18-10-16-14(17-18)11-4-2-1-3-5-11;1-2/h1-10H,15H2;1-2H3. The minimum Gasteiger partial charge on any atom is -0.399 e. The third-order valence-corrected chi connectivity index (χ3v) is 2.68. The van der Waals surface area contributed by atoms with Gasteiger partial charge in [-0.2, -0.15) is 0 Å². The molecule has 3 rings (SSSR count). The van der Waals surface area contributed by atoms with E-state index in [1.54, 1.807) is 11.0 Å². The van der Waals surface area contributed by atoms with Gasteiger partial charge < -0.3 is 5.73 Å². The molecule has 0 aliphatic heterocycles. The summed E-state index contributed by atoms with van der Waals surface area (Å²) in [6.07, 6.45) is 1.70. The molecule has 4 nitrogen and oxygen atoms in total. The van der Waals surface area contributed by atoms with E-state index in [1.807, 2.05) is 68.4 Å². The third-order valence-electron chi connectivity index (χ3n) is 2.68. The second-order valence-electron chi connectivity index (χ2n) is 3.97. The molecule has 1 heterocycles. The maximum absolute atomic E-state index is 5.66. The van der Waals surface area contributed by atoms with Crippen LogP contribution in [0.3, 0.4) is 0 Å². The minimum atomic E-state index is 0.715. The molecule has 4 heteroatoms. The maximum Gasteiger partial charge on any atom is 0.181 e. The SMILES string of the molecule is CC.Nc1ccc(-n2cnc(-c3ccccc3)n2)cc1. The molecule has 0 saturated heterocycles. The molecule has 20 heavy (non-hydrogen) atoms. The number of nitrogen functional groups attached to an aromatic ring is 1. The van der Waals surface area contributed by atoms with E-state index < -0.39 is 0 Å². The Bertz CT molecular complexity index is 642. The zero-order chi connectivity index (χ0) is 14.4. The van der Waals surface area contributed by atoms with Crippen LogP contribution in [0.2, 0.25) is 0 Å². The van der Waals surface area contributed by atoms with E-state index in [0.29, 0.717) is 5.82 Å². The average Bonchev–Trinajstić information content (AvgIpc) is 3.01. The number of nitrogens with zero attached hydrogens (tertiary/aromatic N) is 3. The summed E-state index contributed by atoms with van der Waals surface area (Å²) in [5.41, 5.74) is 8.34. The lowest BCUT2D eigenvalue weighted by molar-refractivity contribution is 0.882. The van der Waals surface area contributed by atoms with Crippen LogP contribution in [0.1, 0.15) is 13.8 Å². The predicted octanol–water partition coefficient (Wildman–Crippen LogP) is 3.54. The van der Waals surface area contributed by atoms with E-state index in [4.69, 9.17) is 5.73 Å². The Kier molecular flexibility index (Phi) is 4.50. The molecule has 0 aliphatic rings. The van der Waals surface area contributed by atoms with Crippen LogP contribution >= 0.6 is 0 Å². The Hall–Kier alpha value is -2.62. The zero-order valence-electron chi connectivity index (χ0n) is 11.7. The number of aromatic nitrogens is 3. The number of nitrogens with two attached hydrogens (primary N) is 1. The summed E-state index contributed by atoms with van der Waals surface area (Å²) in [5, 5.41) is 4.45. The Balaban J connectivity index is 0.000000704. The van der Waals surface area contributed by atoms with Crippen molar-refractivity contribution in [2.24, 2.45) is 0 Å². The molecule has 0 bridgehead atoms. The lowest BCUT2D eigenvalue weighted by atomic mass is 10.2. The quantitative estimate of drug-likeness (QED) is 0.722. The Labute approximate surface area is 118 Å². The van der Waals surface area contributed by atoms with Gasteiger partial charge in [0.2, 0.25) is 0 Å². The minimum absolute atomic E-state index is 0.715. The number of anilines is 1. The maximum atomic E-state index is 5.66. The van der Waals surface area contributed by atoms with Gasteiger partial charge >= 0.3 is 0 Å².